The van der Waals surface area contributed by atoms with Gasteiger partial charge < -0.3 is 9.94 Å². The van der Waals surface area contributed by atoms with Gasteiger partial charge in [0.1, 0.15) is 16.5 Å². The molecular weight excluding hydrogens is 316 g/mol. The third kappa shape index (κ3) is 3.28. The van der Waals surface area contributed by atoms with Crippen molar-refractivity contribution < 1.29 is 18.4 Å². The Labute approximate surface area is 137 Å². The van der Waals surface area contributed by atoms with E-state index in [0.717, 1.165) is 12.0 Å². The minimum atomic E-state index is -3.48. The zero-order chi connectivity index (χ0) is 17.1. The number of sulfonamides is 1. The summed E-state index contributed by atoms with van der Waals surface area (Å²) >= 11 is 0. The molecule has 0 saturated heterocycles. The predicted molar refractivity (Wildman–Crippen MR) is 88.8 cm³/mol. The molecular formula is C16H24N2O4S. The Morgan fingerprint density at radius 3 is 2.43 bits per heavy atom. The van der Waals surface area contributed by atoms with Crippen molar-refractivity contribution in [2.75, 3.05) is 13.2 Å². The fourth-order valence-corrected chi connectivity index (χ4v) is 3.68. The quantitative estimate of drug-likeness (QED) is 0.700. The first-order chi connectivity index (χ1) is 10.8. The second-order valence-corrected chi connectivity index (χ2v) is 8.45. The van der Waals surface area contributed by atoms with Gasteiger partial charge in [0.05, 0.1) is 6.61 Å². The van der Waals surface area contributed by atoms with Crippen molar-refractivity contribution in [1.29, 1.82) is 0 Å². The van der Waals surface area contributed by atoms with Crippen molar-refractivity contribution in [1.82, 2.24) is 10.2 Å². The number of benzene rings is 1. The monoisotopic (exact) mass is 340 g/mol. The van der Waals surface area contributed by atoms with Gasteiger partial charge in [-0.15, -0.1) is 5.48 Å². The van der Waals surface area contributed by atoms with Crippen LogP contribution in [0.3, 0.4) is 0 Å². The van der Waals surface area contributed by atoms with E-state index < -0.39 is 20.3 Å². The van der Waals surface area contributed by atoms with E-state index >= 15 is 0 Å². The van der Waals surface area contributed by atoms with Gasteiger partial charge in [-0.3, -0.25) is 0 Å². The highest BCUT2D eigenvalue weighted by Gasteiger charge is 2.37. The van der Waals surface area contributed by atoms with Gasteiger partial charge in [0.2, 0.25) is 10.0 Å². The number of hydrogen-bond donors (Lipinski definition) is 3. The second-order valence-electron chi connectivity index (χ2n) is 6.14. The first-order valence-electron chi connectivity index (χ1n) is 7.61. The number of hydrogen-bond acceptors (Lipinski definition) is 5. The zero-order valence-corrected chi connectivity index (χ0v) is 14.5. The van der Waals surface area contributed by atoms with Crippen LogP contribution in [0.1, 0.15) is 38.3 Å². The average molecular weight is 340 g/mol. The molecule has 0 amide bonds. The van der Waals surface area contributed by atoms with Crippen molar-refractivity contribution in [3.8, 4) is 0 Å². The molecule has 1 aliphatic rings. The molecule has 2 rings (SSSR count). The summed E-state index contributed by atoms with van der Waals surface area (Å²) in [5.41, 5.74) is 3.45. The summed E-state index contributed by atoms with van der Waals surface area (Å²) in [4.78, 5) is 5.01. The highest BCUT2D eigenvalue weighted by Crippen LogP contribution is 2.32. The van der Waals surface area contributed by atoms with Crippen molar-refractivity contribution in [3.05, 3.63) is 47.7 Å². The fourth-order valence-electron chi connectivity index (χ4n) is 2.40. The summed E-state index contributed by atoms with van der Waals surface area (Å²) in [6, 6.07) is 7.14. The number of rotatable bonds is 7. The van der Waals surface area contributed by atoms with Crippen LogP contribution < -0.4 is 10.2 Å². The van der Waals surface area contributed by atoms with Crippen LogP contribution in [-0.4, -0.2) is 26.7 Å². The normalized spacial score (nSPS) is 21.4. The van der Waals surface area contributed by atoms with Crippen LogP contribution >= 0.6 is 0 Å². The molecule has 1 aromatic rings. The molecule has 7 heteroatoms. The summed E-state index contributed by atoms with van der Waals surface area (Å²) in [5, 5.41) is 9.63. The van der Waals surface area contributed by atoms with Crippen molar-refractivity contribution in [2.45, 2.75) is 37.5 Å². The molecule has 0 aliphatic carbocycles. The molecule has 0 saturated carbocycles. The van der Waals surface area contributed by atoms with Crippen LogP contribution in [0.2, 0.25) is 0 Å². The minimum absolute atomic E-state index is 0.164. The maximum Gasteiger partial charge on any atom is 0.221 e. The first kappa shape index (κ1) is 17.9. The van der Waals surface area contributed by atoms with Crippen LogP contribution in [0.25, 0.3) is 0 Å². The molecule has 0 bridgehead atoms. The van der Waals surface area contributed by atoms with E-state index in [1.807, 2.05) is 6.92 Å². The van der Waals surface area contributed by atoms with E-state index in [0.29, 0.717) is 12.1 Å². The van der Waals surface area contributed by atoms with Gasteiger partial charge in [-0.05, 0) is 37.5 Å². The van der Waals surface area contributed by atoms with E-state index in [-0.39, 0.29) is 6.61 Å². The van der Waals surface area contributed by atoms with E-state index in [2.05, 4.69) is 10.2 Å². The molecule has 1 aromatic carbocycles. The zero-order valence-electron chi connectivity index (χ0n) is 13.7. The smallest absolute Gasteiger partial charge is 0.221 e. The Kier molecular flexibility index (Phi) is 5.15. The Bertz CT molecular complexity index is 668. The molecule has 1 unspecified atom stereocenters. The predicted octanol–water partition coefficient (Wildman–Crippen LogP) is 1.49. The van der Waals surface area contributed by atoms with Gasteiger partial charge in [0, 0.05) is 6.54 Å². The maximum atomic E-state index is 12.5. The summed E-state index contributed by atoms with van der Waals surface area (Å²) in [5.74, 6) is 0. The second kappa shape index (κ2) is 6.60. The lowest BCUT2D eigenvalue weighted by Crippen LogP contribution is -2.41. The van der Waals surface area contributed by atoms with E-state index in [9.17, 15) is 13.5 Å². The molecule has 1 atom stereocenters. The van der Waals surface area contributed by atoms with Gasteiger partial charge in [0.25, 0.3) is 0 Å². The molecule has 0 fully saturated rings. The Morgan fingerprint density at radius 1 is 1.30 bits per heavy atom. The number of aliphatic hydroxyl groups is 1. The van der Waals surface area contributed by atoms with Crippen LogP contribution in [-0.2, 0) is 25.1 Å². The molecule has 1 aliphatic heterocycles. The van der Waals surface area contributed by atoms with Gasteiger partial charge in [0.15, 0.2) is 0 Å². The van der Waals surface area contributed by atoms with Crippen molar-refractivity contribution >= 4 is 10.0 Å². The highest BCUT2D eigenvalue weighted by atomic mass is 32.2. The van der Waals surface area contributed by atoms with Gasteiger partial charge in [-0.1, -0.05) is 31.2 Å². The summed E-state index contributed by atoms with van der Waals surface area (Å²) < 4.78 is 26.5. The Balaban J connectivity index is 2.30. The highest BCUT2D eigenvalue weighted by molar-refractivity contribution is 7.90. The van der Waals surface area contributed by atoms with Crippen molar-refractivity contribution in [3.63, 3.8) is 0 Å². The van der Waals surface area contributed by atoms with E-state index in [1.165, 1.54) is 6.26 Å². The topological polar surface area (TPSA) is 87.7 Å². The largest absolute Gasteiger partial charge is 0.416 e. The average Bonchev–Trinajstić information content (AvgIpc) is 3.03. The number of hydroxylamine groups is 1. The number of aliphatic hydroxyl groups excluding tert-OH is 1. The van der Waals surface area contributed by atoms with E-state index in [4.69, 9.17) is 4.84 Å². The molecule has 128 valence electrons. The lowest BCUT2D eigenvalue weighted by molar-refractivity contribution is 0.0618. The van der Waals surface area contributed by atoms with Crippen LogP contribution in [0, 0.1) is 0 Å². The Morgan fingerprint density at radius 2 is 1.96 bits per heavy atom. The molecule has 23 heavy (non-hydrogen) atoms. The van der Waals surface area contributed by atoms with Crippen LogP contribution in [0.5, 0.6) is 0 Å². The molecule has 0 radical (unpaired) electrons. The van der Waals surface area contributed by atoms with Gasteiger partial charge >= 0.3 is 0 Å². The summed E-state index contributed by atoms with van der Waals surface area (Å²) in [7, 11) is -3.48. The lowest BCUT2D eigenvalue weighted by atomic mass is 9.90. The third-order valence-electron chi connectivity index (χ3n) is 4.22. The third-order valence-corrected chi connectivity index (χ3v) is 6.38. The number of nitrogens with one attached hydrogen (secondary N) is 2. The molecule has 1 heterocycles. The Hall–Kier alpha value is -1.41. The summed E-state index contributed by atoms with van der Waals surface area (Å²) in [6.07, 6.45) is 3.95. The van der Waals surface area contributed by atoms with E-state index in [1.54, 1.807) is 44.2 Å². The fraction of sp³-hybridized carbons (Fsp3) is 0.500. The van der Waals surface area contributed by atoms with Gasteiger partial charge in [-0.2, -0.15) is 0 Å². The first-order valence-corrected chi connectivity index (χ1v) is 9.09. The molecule has 0 spiro atoms. The lowest BCUT2D eigenvalue weighted by Gasteiger charge is -2.28. The summed E-state index contributed by atoms with van der Waals surface area (Å²) in [6.45, 7) is 5.53. The van der Waals surface area contributed by atoms with Crippen LogP contribution in [0.4, 0.5) is 0 Å². The standard InChI is InChI=1S/C16H24N2O4S/c1-4-10-17-23(20,21)15(2,3)13-5-7-14(8-6-13)16(12-19)9-11-22-18-16/h5-9,11,17-19H,4,10,12H2,1-3H3. The molecule has 6 nitrogen and oxygen atoms in total. The molecule has 0 aromatic heterocycles. The van der Waals surface area contributed by atoms with Gasteiger partial charge in [-0.25, -0.2) is 13.1 Å². The SMILES string of the molecule is CCCNS(=O)(=O)C(C)(C)c1ccc(C2(CO)C=CON2)cc1. The minimum Gasteiger partial charge on any atom is -0.416 e. The van der Waals surface area contributed by atoms with Crippen LogP contribution in [0.15, 0.2) is 36.6 Å². The van der Waals surface area contributed by atoms with Crippen molar-refractivity contribution in [2.24, 2.45) is 0 Å². The molecule has 3 N–H and O–H groups in total. The maximum absolute atomic E-state index is 12.5.